The Morgan fingerprint density at radius 2 is 0.837 bits per heavy atom. The molecule has 0 spiro atoms. The van der Waals surface area contributed by atoms with Gasteiger partial charge in [-0.2, -0.15) is 27.1 Å². The van der Waals surface area contributed by atoms with Crippen LogP contribution < -0.4 is 0 Å². The van der Waals surface area contributed by atoms with E-state index in [0.717, 1.165) is 9.79 Å². The normalized spacial score (nSPS) is 12.0. The molecule has 238 valence electrons. The molecule has 0 aliphatic carbocycles. The minimum Gasteiger partial charge on any atom is -0.506 e. The van der Waals surface area contributed by atoms with Crippen LogP contribution in [0.3, 0.4) is 0 Å². The van der Waals surface area contributed by atoms with Crippen molar-refractivity contribution in [1.82, 2.24) is 0 Å². The number of phenols is 2. The van der Waals surface area contributed by atoms with Crippen molar-refractivity contribution >= 4 is 135 Å². The summed E-state index contributed by atoms with van der Waals surface area (Å²) >= 11 is 1.49. The molecule has 0 heterocycles. The van der Waals surface area contributed by atoms with Gasteiger partial charge in [0.15, 0.2) is 0 Å². The fourth-order valence-electron chi connectivity index (χ4n) is 4.60. The summed E-state index contributed by atoms with van der Waals surface area (Å²) < 4.78 is 64.5. The van der Waals surface area contributed by atoms with Crippen LogP contribution >= 0.6 is 11.8 Å². The Morgan fingerprint density at radius 1 is 0.469 bits per heavy atom. The number of rotatable bonds is 8. The molecule has 12 nitrogen and oxygen atoms in total. The second-order valence-corrected chi connectivity index (χ2v) is 14.1. The molecule has 17 heteroatoms. The zero-order valence-electron chi connectivity index (χ0n) is 25.8. The molecule has 0 aliphatic heterocycles. The van der Waals surface area contributed by atoms with Gasteiger partial charge in [0.2, 0.25) is 0 Å². The molecule has 0 unspecified atom stereocenters. The predicted molar refractivity (Wildman–Crippen MR) is 188 cm³/mol. The van der Waals surface area contributed by atoms with E-state index in [0.29, 0.717) is 32.9 Å². The molecule has 0 aliphatic rings. The molecule has 49 heavy (non-hydrogen) atoms. The summed E-state index contributed by atoms with van der Waals surface area (Å²) in [5, 5.41) is 39.3. The average molecular weight is 733 g/mol. The Morgan fingerprint density at radius 3 is 1.18 bits per heavy atom. The van der Waals surface area contributed by atoms with Gasteiger partial charge in [0, 0.05) is 79.7 Å². The Labute approximate surface area is 329 Å². The largest absolute Gasteiger partial charge is 0.506 e. The molecule has 6 aromatic carbocycles. The van der Waals surface area contributed by atoms with Crippen LogP contribution in [0.15, 0.2) is 149 Å². The summed E-state index contributed by atoms with van der Waals surface area (Å²) in [6, 6.07) is 28.1. The number of hydrogen-bond donors (Lipinski definition) is 4. The maximum Gasteiger partial charge on any atom is 0.294 e. The number of azo groups is 2. The summed E-state index contributed by atoms with van der Waals surface area (Å²) in [5.41, 5.74) is 1.34. The van der Waals surface area contributed by atoms with Crippen molar-refractivity contribution in [2.45, 2.75) is 19.6 Å². The van der Waals surface area contributed by atoms with Gasteiger partial charge in [-0.05, 0) is 95.7 Å². The van der Waals surface area contributed by atoms with Crippen LogP contribution in [0.2, 0.25) is 0 Å². The first-order valence-corrected chi connectivity index (χ1v) is 17.2. The van der Waals surface area contributed by atoms with Gasteiger partial charge >= 0.3 is 0 Å². The molecule has 6 aromatic rings. The number of aromatic hydroxyl groups is 2. The fourth-order valence-corrected chi connectivity index (χ4v) is 6.45. The van der Waals surface area contributed by atoms with E-state index in [2.05, 4.69) is 20.5 Å². The van der Waals surface area contributed by atoms with Gasteiger partial charge in [0.25, 0.3) is 20.2 Å². The molecule has 0 bridgehead atoms. The van der Waals surface area contributed by atoms with E-state index in [1.54, 1.807) is 24.3 Å². The van der Waals surface area contributed by atoms with E-state index in [-0.39, 0.29) is 91.8 Å². The molecule has 0 aromatic heterocycles. The van der Waals surface area contributed by atoms with Gasteiger partial charge < -0.3 is 10.2 Å². The van der Waals surface area contributed by atoms with Crippen LogP contribution in [0.25, 0.3) is 21.5 Å². The third kappa shape index (κ3) is 9.14. The van der Waals surface area contributed by atoms with Crippen LogP contribution in [0, 0.1) is 0 Å². The van der Waals surface area contributed by atoms with Crippen molar-refractivity contribution in [3.63, 3.8) is 0 Å². The molecule has 2 radical (unpaired) electrons. The maximum absolute atomic E-state index is 11.5. The number of hydrogen-bond acceptors (Lipinski definition) is 11. The van der Waals surface area contributed by atoms with Crippen LogP contribution in [-0.4, -0.2) is 95.3 Å². The summed E-state index contributed by atoms with van der Waals surface area (Å²) in [5.74, 6) is -0.279. The minimum atomic E-state index is -4.38. The summed E-state index contributed by atoms with van der Waals surface area (Å²) in [6.45, 7) is 0. The molecule has 0 fully saturated rings. The summed E-state index contributed by atoms with van der Waals surface area (Å²) in [7, 11) is -8.77. The molecular formula is C32H22N4Na2O8S3. The Kier molecular flexibility index (Phi) is 12.4. The number of phenolic OH excluding ortho intramolecular Hbond substituents is 2. The van der Waals surface area contributed by atoms with Crippen molar-refractivity contribution in [1.29, 1.82) is 0 Å². The third-order valence-corrected chi connectivity index (χ3v) is 9.63. The van der Waals surface area contributed by atoms with Gasteiger partial charge in [-0.25, -0.2) is 0 Å². The minimum absolute atomic E-state index is 0. The van der Waals surface area contributed by atoms with E-state index >= 15 is 0 Å². The van der Waals surface area contributed by atoms with E-state index in [4.69, 9.17) is 0 Å². The number of benzene rings is 6. The summed E-state index contributed by atoms with van der Waals surface area (Å²) in [6.07, 6.45) is 0. The molecule has 0 saturated heterocycles. The van der Waals surface area contributed by atoms with E-state index in [1.807, 2.05) is 24.3 Å². The van der Waals surface area contributed by atoms with Crippen LogP contribution in [0.4, 0.5) is 22.7 Å². The van der Waals surface area contributed by atoms with Crippen LogP contribution in [0.5, 0.6) is 11.5 Å². The number of nitrogens with zero attached hydrogens (tertiary/aromatic N) is 4. The van der Waals surface area contributed by atoms with Gasteiger partial charge in [-0.1, -0.05) is 36.0 Å². The SMILES string of the molecule is O=S(=O)(O)c1ccc2c(N=Nc3ccc(Sc4ccc(N=Nc5c(O)ccc6cc(S(=O)(=O)O)ccc56)cc4)cc3)c(O)ccc2c1.[Na].[Na]. The van der Waals surface area contributed by atoms with Gasteiger partial charge in [0.1, 0.15) is 22.9 Å². The topological polar surface area (TPSA) is 199 Å². The molecule has 0 saturated carbocycles. The third-order valence-electron chi connectivity index (χ3n) is 6.92. The summed E-state index contributed by atoms with van der Waals surface area (Å²) in [4.78, 5) is 1.28. The zero-order chi connectivity index (χ0) is 33.3. The van der Waals surface area contributed by atoms with E-state index in [1.165, 1.54) is 72.4 Å². The molecular weight excluding hydrogens is 711 g/mol. The Bertz CT molecular complexity index is 2290. The fraction of sp³-hybridized carbons (Fsp3) is 0. The second kappa shape index (κ2) is 15.8. The van der Waals surface area contributed by atoms with Crippen LogP contribution in [0.1, 0.15) is 0 Å². The van der Waals surface area contributed by atoms with Gasteiger partial charge in [0.05, 0.1) is 21.2 Å². The first-order chi connectivity index (χ1) is 22.3. The molecule has 4 N–H and O–H groups in total. The van der Waals surface area contributed by atoms with Gasteiger partial charge in [-0.3, -0.25) is 9.11 Å². The smallest absolute Gasteiger partial charge is 0.294 e. The van der Waals surface area contributed by atoms with Crippen molar-refractivity contribution in [2.75, 3.05) is 0 Å². The first kappa shape index (κ1) is 38.6. The van der Waals surface area contributed by atoms with Crippen molar-refractivity contribution in [3.8, 4) is 11.5 Å². The number of fused-ring (bicyclic) bond motifs is 2. The molecule has 0 amide bonds. The average Bonchev–Trinajstić information content (AvgIpc) is 3.04. The molecule has 0 atom stereocenters. The van der Waals surface area contributed by atoms with E-state index in [9.17, 15) is 36.2 Å². The van der Waals surface area contributed by atoms with Crippen LogP contribution in [-0.2, 0) is 20.2 Å². The standard InChI is InChI=1S/C32H22N4O8S3.2Na/c37-29-15-1-19-17-25(46(39,40)41)11-13-27(19)31(29)35-33-21-3-7-23(8-4-21)45-24-9-5-22(6-10-24)34-36-32-28-14-12-26(47(42,43)44)18-20(28)2-16-30(32)38;;/h1-18,37-38H,(H,39,40,41)(H,42,43,44);;. The van der Waals surface area contributed by atoms with Gasteiger partial charge in [-0.15, -0.1) is 10.2 Å². The van der Waals surface area contributed by atoms with Crippen molar-refractivity contribution < 1.29 is 36.2 Å². The second-order valence-electron chi connectivity index (χ2n) is 10.1. The quantitative estimate of drug-likeness (QED) is 0.0678. The van der Waals surface area contributed by atoms with Crippen molar-refractivity contribution in [3.05, 3.63) is 109 Å². The monoisotopic (exact) mass is 732 g/mol. The predicted octanol–water partition coefficient (Wildman–Crippen LogP) is 8.12. The zero-order valence-corrected chi connectivity index (χ0v) is 32.3. The maximum atomic E-state index is 11.5. The Hall–Kier alpha value is -3.19. The first-order valence-electron chi connectivity index (χ1n) is 13.5. The van der Waals surface area contributed by atoms with E-state index < -0.39 is 20.2 Å². The molecule has 6 rings (SSSR count). The van der Waals surface area contributed by atoms with Crippen molar-refractivity contribution in [2.24, 2.45) is 20.5 Å². The Balaban J connectivity index is 0.00000270.